The van der Waals surface area contributed by atoms with Gasteiger partial charge in [-0.3, -0.25) is 10.1 Å². The fourth-order valence-corrected chi connectivity index (χ4v) is 2.26. The molecule has 0 aliphatic carbocycles. The van der Waals surface area contributed by atoms with E-state index in [-0.39, 0.29) is 5.69 Å². The van der Waals surface area contributed by atoms with Gasteiger partial charge in [0.15, 0.2) is 11.5 Å². The van der Waals surface area contributed by atoms with E-state index in [2.05, 4.69) is 10.1 Å². The van der Waals surface area contributed by atoms with E-state index in [1.807, 2.05) is 0 Å². The summed E-state index contributed by atoms with van der Waals surface area (Å²) in [7, 11) is 0. The number of rotatable bonds is 2. The number of nitrogens with zero attached hydrogens (tertiary/aromatic N) is 4. The quantitative estimate of drug-likeness (QED) is 0.535. The minimum absolute atomic E-state index is 0.0591. The van der Waals surface area contributed by atoms with Gasteiger partial charge in [-0.15, -0.1) is 5.10 Å². The smallest absolute Gasteiger partial charge is 0.258 e. The van der Waals surface area contributed by atoms with E-state index >= 15 is 0 Å². The number of halogens is 2. The molecule has 2 heterocycles. The van der Waals surface area contributed by atoms with Crippen LogP contribution >= 0.6 is 23.2 Å². The van der Waals surface area contributed by atoms with E-state index in [0.717, 1.165) is 0 Å². The molecule has 0 aliphatic rings. The fraction of sp³-hybridized carbons (Fsp3) is 0. The summed E-state index contributed by atoms with van der Waals surface area (Å²) < 4.78 is 1.35. The van der Waals surface area contributed by atoms with Crippen LogP contribution in [-0.2, 0) is 0 Å². The Bertz CT molecular complexity index is 831. The third kappa shape index (κ3) is 2.19. The maximum absolute atomic E-state index is 10.7. The number of pyridine rings is 1. The van der Waals surface area contributed by atoms with Crippen LogP contribution in [0.3, 0.4) is 0 Å². The van der Waals surface area contributed by atoms with Crippen LogP contribution in [0, 0.1) is 10.1 Å². The molecule has 0 aliphatic heterocycles. The van der Waals surface area contributed by atoms with Crippen molar-refractivity contribution in [3.05, 3.63) is 56.7 Å². The summed E-state index contributed by atoms with van der Waals surface area (Å²) in [5, 5.41) is 15.8. The molecular weight excluding hydrogens is 303 g/mol. The standard InChI is InChI=1S/C12H6Cl2N4O2/c13-7-1-3-9(10(14)5-7)12-15-11-4-2-8(18(19)20)6-17(11)16-12/h1-6H. The van der Waals surface area contributed by atoms with Crippen molar-refractivity contribution < 1.29 is 4.92 Å². The summed E-state index contributed by atoms with van der Waals surface area (Å²) in [6.45, 7) is 0. The third-order valence-electron chi connectivity index (χ3n) is 2.70. The number of hydrogen-bond acceptors (Lipinski definition) is 4. The van der Waals surface area contributed by atoms with E-state index in [9.17, 15) is 10.1 Å². The van der Waals surface area contributed by atoms with Crippen LogP contribution < -0.4 is 0 Å². The Balaban J connectivity index is 2.15. The fourth-order valence-electron chi connectivity index (χ4n) is 1.77. The maximum atomic E-state index is 10.7. The first-order chi connectivity index (χ1) is 9.54. The molecule has 0 saturated carbocycles. The first-order valence-electron chi connectivity index (χ1n) is 5.51. The van der Waals surface area contributed by atoms with Crippen molar-refractivity contribution in [1.82, 2.24) is 14.6 Å². The van der Waals surface area contributed by atoms with E-state index in [1.54, 1.807) is 18.2 Å². The number of hydrogen-bond donors (Lipinski definition) is 0. The zero-order valence-corrected chi connectivity index (χ0v) is 11.3. The summed E-state index contributed by atoms with van der Waals surface area (Å²) in [4.78, 5) is 14.5. The molecule has 2 aromatic heterocycles. The summed E-state index contributed by atoms with van der Waals surface area (Å²) in [6.07, 6.45) is 1.30. The molecule has 0 saturated heterocycles. The summed E-state index contributed by atoms with van der Waals surface area (Å²) in [5.74, 6) is 0.382. The molecule has 0 N–H and O–H groups in total. The summed E-state index contributed by atoms with van der Waals surface area (Å²) >= 11 is 11.9. The van der Waals surface area contributed by atoms with Crippen LogP contribution in [0.25, 0.3) is 17.0 Å². The largest absolute Gasteiger partial charge is 0.287 e. The minimum Gasteiger partial charge on any atom is -0.258 e. The Hall–Kier alpha value is -2.18. The monoisotopic (exact) mass is 308 g/mol. The van der Waals surface area contributed by atoms with Gasteiger partial charge >= 0.3 is 0 Å². The van der Waals surface area contributed by atoms with Crippen LogP contribution in [-0.4, -0.2) is 19.5 Å². The molecule has 100 valence electrons. The van der Waals surface area contributed by atoms with Crippen molar-refractivity contribution in [2.45, 2.75) is 0 Å². The van der Waals surface area contributed by atoms with Gasteiger partial charge in [0.05, 0.1) is 9.95 Å². The van der Waals surface area contributed by atoms with Gasteiger partial charge in [-0.2, -0.15) is 0 Å². The lowest BCUT2D eigenvalue weighted by Crippen LogP contribution is -1.93. The predicted molar refractivity (Wildman–Crippen MR) is 75.1 cm³/mol. The lowest BCUT2D eigenvalue weighted by molar-refractivity contribution is -0.385. The molecule has 20 heavy (non-hydrogen) atoms. The second kappa shape index (κ2) is 4.73. The van der Waals surface area contributed by atoms with Gasteiger partial charge in [0.1, 0.15) is 6.20 Å². The number of fused-ring (bicyclic) bond motifs is 1. The minimum atomic E-state index is -0.490. The molecule has 0 bridgehead atoms. The molecule has 3 rings (SSSR count). The Morgan fingerprint density at radius 1 is 1.20 bits per heavy atom. The molecule has 3 aromatic rings. The molecule has 0 radical (unpaired) electrons. The molecule has 0 amide bonds. The molecule has 0 unspecified atom stereocenters. The van der Waals surface area contributed by atoms with Gasteiger partial charge in [0.25, 0.3) is 5.69 Å². The summed E-state index contributed by atoms with van der Waals surface area (Å²) in [5.41, 5.74) is 1.05. The highest BCUT2D eigenvalue weighted by molar-refractivity contribution is 6.36. The highest BCUT2D eigenvalue weighted by Gasteiger charge is 2.13. The second-order valence-electron chi connectivity index (χ2n) is 4.01. The normalized spacial score (nSPS) is 10.9. The second-order valence-corrected chi connectivity index (χ2v) is 4.85. The van der Waals surface area contributed by atoms with Crippen molar-refractivity contribution in [3.63, 3.8) is 0 Å². The molecule has 1 aromatic carbocycles. The molecule has 6 nitrogen and oxygen atoms in total. The van der Waals surface area contributed by atoms with E-state index < -0.39 is 4.92 Å². The third-order valence-corrected chi connectivity index (χ3v) is 3.25. The van der Waals surface area contributed by atoms with Crippen molar-refractivity contribution in [3.8, 4) is 11.4 Å². The lowest BCUT2D eigenvalue weighted by atomic mass is 10.2. The Morgan fingerprint density at radius 3 is 2.70 bits per heavy atom. The predicted octanol–water partition coefficient (Wildman–Crippen LogP) is 3.61. The highest BCUT2D eigenvalue weighted by atomic mass is 35.5. The molecule has 0 atom stereocenters. The van der Waals surface area contributed by atoms with Crippen LogP contribution in [0.1, 0.15) is 0 Å². The summed E-state index contributed by atoms with van der Waals surface area (Å²) in [6, 6.07) is 7.87. The Labute approximate surface area is 122 Å². The number of aromatic nitrogens is 3. The maximum Gasteiger partial charge on any atom is 0.287 e. The Morgan fingerprint density at radius 2 is 2.00 bits per heavy atom. The van der Waals surface area contributed by atoms with Gasteiger partial charge < -0.3 is 0 Å². The molecule has 8 heteroatoms. The first-order valence-corrected chi connectivity index (χ1v) is 6.26. The Kier molecular flexibility index (Phi) is 3.04. The van der Waals surface area contributed by atoms with Crippen LogP contribution in [0.4, 0.5) is 5.69 Å². The van der Waals surface area contributed by atoms with Crippen molar-refractivity contribution in [2.75, 3.05) is 0 Å². The van der Waals surface area contributed by atoms with Gasteiger partial charge in [0, 0.05) is 16.7 Å². The molecular formula is C12H6Cl2N4O2. The van der Waals surface area contributed by atoms with E-state index in [4.69, 9.17) is 23.2 Å². The van der Waals surface area contributed by atoms with Crippen molar-refractivity contribution >= 4 is 34.5 Å². The lowest BCUT2D eigenvalue weighted by Gasteiger charge is -1.98. The number of nitro groups is 1. The topological polar surface area (TPSA) is 73.3 Å². The van der Waals surface area contributed by atoms with E-state index in [1.165, 1.54) is 22.8 Å². The van der Waals surface area contributed by atoms with Crippen LogP contribution in [0.5, 0.6) is 0 Å². The molecule has 0 fully saturated rings. The van der Waals surface area contributed by atoms with Crippen LogP contribution in [0.2, 0.25) is 10.0 Å². The van der Waals surface area contributed by atoms with Gasteiger partial charge in [-0.25, -0.2) is 9.50 Å². The van der Waals surface area contributed by atoms with Gasteiger partial charge in [0.2, 0.25) is 0 Å². The average molecular weight is 309 g/mol. The van der Waals surface area contributed by atoms with Crippen LogP contribution in [0.15, 0.2) is 36.5 Å². The molecule has 0 spiro atoms. The number of benzene rings is 1. The van der Waals surface area contributed by atoms with Crippen molar-refractivity contribution in [2.24, 2.45) is 0 Å². The van der Waals surface area contributed by atoms with E-state index in [0.29, 0.717) is 27.1 Å². The van der Waals surface area contributed by atoms with Crippen molar-refractivity contribution in [1.29, 1.82) is 0 Å². The first kappa shape index (κ1) is 12.8. The average Bonchev–Trinajstić information content (AvgIpc) is 2.80. The highest BCUT2D eigenvalue weighted by Crippen LogP contribution is 2.28. The van der Waals surface area contributed by atoms with Gasteiger partial charge in [-0.05, 0) is 24.3 Å². The van der Waals surface area contributed by atoms with Gasteiger partial charge in [-0.1, -0.05) is 23.2 Å². The zero-order valence-electron chi connectivity index (χ0n) is 9.83. The SMILES string of the molecule is O=[N+]([O-])c1ccc2nc(-c3ccc(Cl)cc3Cl)nn2c1. The zero-order chi connectivity index (χ0) is 14.3.